The zero-order valence-electron chi connectivity index (χ0n) is 11.3. The van der Waals surface area contributed by atoms with Crippen LogP contribution in [0.25, 0.3) is 0 Å². The molecule has 0 saturated heterocycles. The lowest BCUT2D eigenvalue weighted by Gasteiger charge is -2.40. The standard InChI is InChI=1S/C18H13NOP/c1-2-7-13(8-3-1)21-17-12-5-4-10-15(17)20-16-11-6-9-14(19-21)18(16)21/h1-12,19H/q+1. The molecular weight excluding hydrogens is 277 g/mol. The minimum atomic E-state index is -1.71. The zero-order valence-corrected chi connectivity index (χ0v) is 12.2. The van der Waals surface area contributed by atoms with Crippen molar-refractivity contribution in [2.75, 3.05) is 5.09 Å². The van der Waals surface area contributed by atoms with Crippen molar-refractivity contribution >= 4 is 29.0 Å². The van der Waals surface area contributed by atoms with E-state index in [0.29, 0.717) is 0 Å². The SMILES string of the molecule is c1ccc([P+]23Nc4cccc(c42)Oc2ccccc23)cc1. The monoisotopic (exact) mass is 290 g/mol. The van der Waals surface area contributed by atoms with Crippen LogP contribution >= 0.6 is 7.41 Å². The highest BCUT2D eigenvalue weighted by Gasteiger charge is 2.61. The average Bonchev–Trinajstić information content (AvgIpc) is 2.52. The Labute approximate surface area is 123 Å². The lowest BCUT2D eigenvalue weighted by molar-refractivity contribution is 0.488. The normalized spacial score (nSPS) is 20.4. The highest BCUT2D eigenvalue weighted by molar-refractivity contribution is 7.99. The third-order valence-corrected chi connectivity index (χ3v) is 8.09. The van der Waals surface area contributed by atoms with E-state index in [1.165, 1.54) is 21.6 Å². The fraction of sp³-hybridized carbons (Fsp3) is 0. The van der Waals surface area contributed by atoms with E-state index in [1.807, 2.05) is 12.1 Å². The van der Waals surface area contributed by atoms with Gasteiger partial charge in [0.05, 0.1) is 0 Å². The van der Waals surface area contributed by atoms with Crippen LogP contribution < -0.4 is 25.7 Å². The topological polar surface area (TPSA) is 21.3 Å². The Morgan fingerprint density at radius 2 is 1.48 bits per heavy atom. The van der Waals surface area contributed by atoms with Crippen LogP contribution in [-0.2, 0) is 0 Å². The van der Waals surface area contributed by atoms with Crippen LogP contribution in [0.2, 0.25) is 0 Å². The third-order valence-electron chi connectivity index (χ3n) is 4.21. The first-order valence-corrected chi connectivity index (χ1v) is 8.82. The molecule has 1 N–H and O–H groups in total. The van der Waals surface area contributed by atoms with Gasteiger partial charge < -0.3 is 4.74 Å². The van der Waals surface area contributed by atoms with Crippen molar-refractivity contribution in [3.05, 3.63) is 72.8 Å². The van der Waals surface area contributed by atoms with Crippen molar-refractivity contribution in [1.82, 2.24) is 0 Å². The number of benzene rings is 3. The van der Waals surface area contributed by atoms with Crippen LogP contribution in [0.4, 0.5) is 5.69 Å². The third kappa shape index (κ3) is 1.31. The summed E-state index contributed by atoms with van der Waals surface area (Å²) in [5.41, 5.74) is 1.21. The Bertz CT molecular complexity index is 862. The number of para-hydroxylation sites is 1. The van der Waals surface area contributed by atoms with Gasteiger partial charge in [-0.1, -0.05) is 36.4 Å². The Morgan fingerprint density at radius 3 is 2.38 bits per heavy atom. The van der Waals surface area contributed by atoms with Crippen LogP contribution in [-0.4, -0.2) is 0 Å². The summed E-state index contributed by atoms with van der Waals surface area (Å²) in [5, 5.41) is 7.79. The van der Waals surface area contributed by atoms with Gasteiger partial charge in [-0.25, -0.2) is 5.09 Å². The molecule has 2 aliphatic rings. The summed E-state index contributed by atoms with van der Waals surface area (Å²) in [6, 6.07) is 25.4. The minimum Gasteiger partial charge on any atom is -0.449 e. The predicted molar refractivity (Wildman–Crippen MR) is 88.8 cm³/mol. The molecule has 0 bridgehead atoms. The molecule has 2 nitrogen and oxygen atoms in total. The van der Waals surface area contributed by atoms with Crippen molar-refractivity contribution in [3.8, 4) is 11.5 Å². The van der Waals surface area contributed by atoms with E-state index in [2.05, 4.69) is 65.8 Å². The fourth-order valence-corrected chi connectivity index (χ4v) is 7.17. The molecule has 100 valence electrons. The summed E-state index contributed by atoms with van der Waals surface area (Å²) in [7, 11) is -1.71. The number of hydrogen-bond donors (Lipinski definition) is 1. The van der Waals surface area contributed by atoms with Gasteiger partial charge in [-0.05, 0) is 36.4 Å². The summed E-state index contributed by atoms with van der Waals surface area (Å²) in [5.74, 6) is 1.98. The lowest BCUT2D eigenvalue weighted by Crippen LogP contribution is -2.47. The van der Waals surface area contributed by atoms with Crippen molar-refractivity contribution in [2.45, 2.75) is 0 Å². The largest absolute Gasteiger partial charge is 0.449 e. The van der Waals surface area contributed by atoms with Gasteiger partial charge in [-0.15, -0.1) is 0 Å². The molecule has 0 spiro atoms. The van der Waals surface area contributed by atoms with Gasteiger partial charge in [0.2, 0.25) is 7.41 Å². The second-order valence-corrected chi connectivity index (χ2v) is 8.35. The molecule has 5 rings (SSSR count). The Morgan fingerprint density at radius 1 is 0.714 bits per heavy atom. The fourth-order valence-electron chi connectivity index (χ4n) is 3.33. The van der Waals surface area contributed by atoms with E-state index in [4.69, 9.17) is 4.74 Å². The van der Waals surface area contributed by atoms with Gasteiger partial charge in [0.1, 0.15) is 11.0 Å². The molecule has 0 aliphatic carbocycles. The number of rotatable bonds is 1. The first-order valence-electron chi connectivity index (χ1n) is 7.03. The summed E-state index contributed by atoms with van der Waals surface area (Å²) < 4.78 is 6.12. The van der Waals surface area contributed by atoms with Gasteiger partial charge in [-0.3, -0.25) is 0 Å². The molecule has 0 fully saturated rings. The molecule has 1 atom stereocenters. The van der Waals surface area contributed by atoms with Gasteiger partial charge in [0, 0.05) is 0 Å². The highest BCUT2D eigenvalue weighted by atomic mass is 31.2. The number of ether oxygens (including phenoxy) is 1. The van der Waals surface area contributed by atoms with E-state index < -0.39 is 7.41 Å². The molecular formula is C18H13NOP+. The molecule has 0 radical (unpaired) electrons. The summed E-state index contributed by atoms with van der Waals surface area (Å²) >= 11 is 0. The smallest absolute Gasteiger partial charge is 0.209 e. The second kappa shape index (κ2) is 3.87. The molecule has 1 unspecified atom stereocenters. The van der Waals surface area contributed by atoms with Gasteiger partial charge >= 0.3 is 0 Å². The van der Waals surface area contributed by atoms with Crippen molar-refractivity contribution in [2.24, 2.45) is 0 Å². The summed E-state index contributed by atoms with van der Waals surface area (Å²) in [4.78, 5) is 0. The molecule has 3 heteroatoms. The number of fused-ring (bicyclic) bond motifs is 2. The minimum absolute atomic E-state index is 0.978. The Hall–Kier alpha value is -2.31. The van der Waals surface area contributed by atoms with E-state index in [9.17, 15) is 0 Å². The van der Waals surface area contributed by atoms with Crippen LogP contribution in [0.15, 0.2) is 72.8 Å². The molecule has 2 aliphatic heterocycles. The molecule has 3 aromatic rings. The average molecular weight is 290 g/mol. The molecule has 0 amide bonds. The number of anilines is 1. The van der Waals surface area contributed by atoms with Crippen LogP contribution in [0.1, 0.15) is 0 Å². The second-order valence-electron chi connectivity index (χ2n) is 5.34. The maximum Gasteiger partial charge on any atom is 0.209 e. The van der Waals surface area contributed by atoms with Crippen LogP contribution in [0.3, 0.4) is 0 Å². The quantitative estimate of drug-likeness (QED) is 0.693. The van der Waals surface area contributed by atoms with Gasteiger partial charge in [0.15, 0.2) is 22.1 Å². The summed E-state index contributed by atoms with van der Waals surface area (Å²) in [6.07, 6.45) is 0. The van der Waals surface area contributed by atoms with E-state index in [1.54, 1.807) is 0 Å². The maximum absolute atomic E-state index is 6.12. The van der Waals surface area contributed by atoms with Gasteiger partial charge in [-0.2, -0.15) is 0 Å². The number of nitrogens with one attached hydrogen (secondary N) is 1. The lowest BCUT2D eigenvalue weighted by atomic mass is 10.3. The molecule has 2 heterocycles. The predicted octanol–water partition coefficient (Wildman–Crippen LogP) is 3.43. The first kappa shape index (κ1) is 11.4. The Kier molecular flexibility index (Phi) is 2.09. The first-order chi connectivity index (χ1) is 10.4. The highest BCUT2D eigenvalue weighted by Crippen LogP contribution is 2.68. The van der Waals surface area contributed by atoms with Crippen LogP contribution in [0.5, 0.6) is 11.5 Å². The molecule has 0 saturated carbocycles. The van der Waals surface area contributed by atoms with E-state index >= 15 is 0 Å². The molecule has 21 heavy (non-hydrogen) atoms. The van der Waals surface area contributed by atoms with Crippen molar-refractivity contribution in [3.63, 3.8) is 0 Å². The maximum atomic E-state index is 6.12. The molecule has 0 aromatic heterocycles. The van der Waals surface area contributed by atoms with Crippen LogP contribution in [0, 0.1) is 0 Å². The number of hydrogen-bond acceptors (Lipinski definition) is 2. The van der Waals surface area contributed by atoms with E-state index in [-0.39, 0.29) is 0 Å². The Balaban J connectivity index is 1.88. The molecule has 3 aromatic carbocycles. The van der Waals surface area contributed by atoms with E-state index in [0.717, 1.165) is 11.5 Å². The zero-order chi connectivity index (χ0) is 13.9. The van der Waals surface area contributed by atoms with Crippen molar-refractivity contribution < 1.29 is 4.74 Å². The van der Waals surface area contributed by atoms with Gasteiger partial charge in [0.25, 0.3) is 0 Å². The van der Waals surface area contributed by atoms with Crippen molar-refractivity contribution in [1.29, 1.82) is 0 Å². The summed E-state index contributed by atoms with van der Waals surface area (Å²) in [6.45, 7) is 0.